The zero-order valence-corrected chi connectivity index (χ0v) is 10.0. The van der Waals surface area contributed by atoms with Crippen LogP contribution in [0.3, 0.4) is 0 Å². The van der Waals surface area contributed by atoms with Crippen LogP contribution in [0.2, 0.25) is 5.15 Å². The molecule has 0 saturated carbocycles. The van der Waals surface area contributed by atoms with Gasteiger partial charge in [0.05, 0.1) is 5.69 Å². The summed E-state index contributed by atoms with van der Waals surface area (Å²) >= 11 is 7.45. The largest absolute Gasteiger partial charge is 0.397 e. The molecule has 2 N–H and O–H groups in total. The van der Waals surface area contributed by atoms with E-state index in [4.69, 9.17) is 17.3 Å². The number of nitrogen functional groups attached to an aromatic ring is 1. The fourth-order valence-corrected chi connectivity index (χ4v) is 2.31. The average Bonchev–Trinajstić information content (AvgIpc) is 2.10. The number of nitrogens with two attached hydrogens (primary N) is 1. The number of halogens is 1. The molecule has 0 atom stereocenters. The van der Waals surface area contributed by atoms with Gasteiger partial charge < -0.3 is 5.73 Å². The molecular weight excluding hydrogens is 216 g/mol. The summed E-state index contributed by atoms with van der Waals surface area (Å²) in [4.78, 5) is 4.17. The van der Waals surface area contributed by atoms with Gasteiger partial charge in [0.2, 0.25) is 0 Å². The van der Waals surface area contributed by atoms with Crippen LogP contribution in [0, 0.1) is 5.92 Å². The molecule has 1 rings (SSSR count). The molecule has 2 nitrogen and oxygen atoms in total. The van der Waals surface area contributed by atoms with Crippen molar-refractivity contribution in [3.63, 3.8) is 0 Å². The summed E-state index contributed by atoms with van der Waals surface area (Å²) in [7, 11) is 0. The van der Waals surface area contributed by atoms with Crippen LogP contribution in [-0.2, 0) is 0 Å². The molecule has 0 aliphatic carbocycles. The summed E-state index contributed by atoms with van der Waals surface area (Å²) in [5.74, 6) is 1.75. The van der Waals surface area contributed by atoms with Crippen LogP contribution in [0.25, 0.3) is 0 Å². The minimum Gasteiger partial charge on any atom is -0.397 e. The minimum atomic E-state index is 0.506. The first-order chi connectivity index (χ1) is 6.59. The molecule has 78 valence electrons. The Balaban J connectivity index is 2.53. The monoisotopic (exact) mass is 230 g/mol. The molecule has 1 aromatic heterocycles. The maximum atomic E-state index is 5.78. The van der Waals surface area contributed by atoms with E-state index < -0.39 is 0 Å². The second kappa shape index (κ2) is 5.47. The third-order valence-electron chi connectivity index (χ3n) is 1.79. The van der Waals surface area contributed by atoms with Crippen LogP contribution in [-0.4, -0.2) is 10.7 Å². The highest BCUT2D eigenvalue weighted by Crippen LogP contribution is 2.25. The highest BCUT2D eigenvalue weighted by molar-refractivity contribution is 7.99. The zero-order chi connectivity index (χ0) is 10.6. The third-order valence-corrected chi connectivity index (χ3v) is 3.04. The molecule has 4 heteroatoms. The molecule has 0 saturated heterocycles. The Morgan fingerprint density at radius 3 is 2.86 bits per heavy atom. The summed E-state index contributed by atoms with van der Waals surface area (Å²) in [6.07, 6.45) is 1.16. The molecule has 14 heavy (non-hydrogen) atoms. The van der Waals surface area contributed by atoms with Crippen LogP contribution in [0.5, 0.6) is 0 Å². The number of hydrogen-bond acceptors (Lipinski definition) is 3. The van der Waals surface area contributed by atoms with Crippen molar-refractivity contribution in [3.8, 4) is 0 Å². The summed E-state index contributed by atoms with van der Waals surface area (Å²) < 4.78 is 0. The normalized spacial score (nSPS) is 10.9. The van der Waals surface area contributed by atoms with E-state index in [1.807, 2.05) is 0 Å². The number of rotatable bonds is 4. The van der Waals surface area contributed by atoms with Gasteiger partial charge in [-0.15, -0.1) is 11.8 Å². The molecule has 0 radical (unpaired) electrons. The van der Waals surface area contributed by atoms with Gasteiger partial charge in [0.15, 0.2) is 0 Å². The molecule has 0 amide bonds. The van der Waals surface area contributed by atoms with Crippen molar-refractivity contribution in [1.29, 1.82) is 0 Å². The number of anilines is 1. The maximum Gasteiger partial charge on any atom is 0.130 e. The summed E-state index contributed by atoms with van der Waals surface area (Å²) in [6, 6.07) is 3.51. The average molecular weight is 231 g/mol. The van der Waals surface area contributed by atoms with E-state index in [9.17, 15) is 0 Å². The van der Waals surface area contributed by atoms with E-state index in [2.05, 4.69) is 18.8 Å². The molecule has 0 bridgehead atoms. The topological polar surface area (TPSA) is 38.9 Å². The van der Waals surface area contributed by atoms with Gasteiger partial charge in [-0.25, -0.2) is 4.98 Å². The molecule has 1 aromatic rings. The van der Waals surface area contributed by atoms with Crippen LogP contribution in [0.15, 0.2) is 17.2 Å². The molecule has 0 aliphatic rings. The summed E-state index contributed by atoms with van der Waals surface area (Å²) in [5.41, 5.74) is 6.48. The number of pyridine rings is 1. The first-order valence-corrected chi connectivity index (χ1v) is 6.00. The Kier molecular flexibility index (Phi) is 4.55. The number of aromatic nitrogens is 1. The van der Waals surface area contributed by atoms with Gasteiger partial charge in [-0.3, -0.25) is 0 Å². The molecule has 0 unspecified atom stereocenters. The first-order valence-electron chi connectivity index (χ1n) is 4.64. The number of thioether (sulfide) groups is 1. The molecule has 0 aliphatic heterocycles. The Hall–Kier alpha value is -0.410. The van der Waals surface area contributed by atoms with E-state index in [1.54, 1.807) is 23.9 Å². The van der Waals surface area contributed by atoms with Crippen LogP contribution in [0.1, 0.15) is 20.3 Å². The second-order valence-electron chi connectivity index (χ2n) is 3.56. The standard InChI is InChI=1S/C10H15ClN2S/c1-7(2)5-6-14-10-8(12)3-4-9(11)13-10/h3-4,7H,5-6,12H2,1-2H3. The second-order valence-corrected chi connectivity index (χ2v) is 5.03. The number of hydrogen-bond donors (Lipinski definition) is 1. The Morgan fingerprint density at radius 2 is 2.21 bits per heavy atom. The van der Waals surface area contributed by atoms with E-state index in [1.165, 1.54) is 0 Å². The number of nitrogens with zero attached hydrogens (tertiary/aromatic N) is 1. The van der Waals surface area contributed by atoms with Crippen molar-refractivity contribution in [3.05, 3.63) is 17.3 Å². The van der Waals surface area contributed by atoms with Gasteiger partial charge in [-0.05, 0) is 30.2 Å². The van der Waals surface area contributed by atoms with E-state index in [0.717, 1.165) is 17.2 Å². The van der Waals surface area contributed by atoms with E-state index in [-0.39, 0.29) is 0 Å². The fourth-order valence-electron chi connectivity index (χ4n) is 0.936. The predicted octanol–water partition coefficient (Wildman–Crippen LogP) is 3.46. The molecule has 0 spiro atoms. The Morgan fingerprint density at radius 1 is 1.50 bits per heavy atom. The molecular formula is C10H15ClN2S. The highest BCUT2D eigenvalue weighted by Gasteiger charge is 2.03. The van der Waals surface area contributed by atoms with Gasteiger partial charge >= 0.3 is 0 Å². The van der Waals surface area contributed by atoms with Gasteiger partial charge in [-0.2, -0.15) is 0 Å². The lowest BCUT2D eigenvalue weighted by Gasteiger charge is -2.06. The lowest BCUT2D eigenvalue weighted by atomic mass is 10.2. The smallest absolute Gasteiger partial charge is 0.130 e. The summed E-state index contributed by atoms with van der Waals surface area (Å²) in [5, 5.41) is 1.35. The van der Waals surface area contributed by atoms with Crippen molar-refractivity contribution < 1.29 is 0 Å². The van der Waals surface area contributed by atoms with Gasteiger partial charge in [-0.1, -0.05) is 25.4 Å². The zero-order valence-electron chi connectivity index (χ0n) is 8.46. The van der Waals surface area contributed by atoms with Crippen molar-refractivity contribution in [1.82, 2.24) is 4.98 Å². The van der Waals surface area contributed by atoms with Gasteiger partial charge in [0.25, 0.3) is 0 Å². The lowest BCUT2D eigenvalue weighted by molar-refractivity contribution is 0.632. The molecule has 0 fully saturated rings. The van der Waals surface area contributed by atoms with E-state index in [0.29, 0.717) is 16.8 Å². The molecule has 0 aromatic carbocycles. The highest BCUT2D eigenvalue weighted by atomic mass is 35.5. The predicted molar refractivity (Wildman–Crippen MR) is 63.8 cm³/mol. The van der Waals surface area contributed by atoms with Crippen molar-refractivity contribution in [2.45, 2.75) is 25.3 Å². The van der Waals surface area contributed by atoms with E-state index >= 15 is 0 Å². The third kappa shape index (κ3) is 3.76. The lowest BCUT2D eigenvalue weighted by Crippen LogP contribution is -1.94. The molecule has 1 heterocycles. The quantitative estimate of drug-likeness (QED) is 0.636. The van der Waals surface area contributed by atoms with Crippen molar-refractivity contribution in [2.24, 2.45) is 5.92 Å². The Bertz CT molecular complexity index is 302. The SMILES string of the molecule is CC(C)CCSc1nc(Cl)ccc1N. The van der Waals surface area contributed by atoms with Crippen molar-refractivity contribution >= 4 is 29.1 Å². The van der Waals surface area contributed by atoms with Crippen molar-refractivity contribution in [2.75, 3.05) is 11.5 Å². The Labute approximate surface area is 94.2 Å². The maximum absolute atomic E-state index is 5.78. The van der Waals surface area contributed by atoms with Gasteiger partial charge in [0.1, 0.15) is 10.2 Å². The minimum absolute atomic E-state index is 0.506. The van der Waals surface area contributed by atoms with Crippen LogP contribution < -0.4 is 5.73 Å². The fraction of sp³-hybridized carbons (Fsp3) is 0.500. The van der Waals surface area contributed by atoms with Crippen LogP contribution in [0.4, 0.5) is 5.69 Å². The van der Waals surface area contributed by atoms with Gasteiger partial charge in [0, 0.05) is 0 Å². The van der Waals surface area contributed by atoms with Crippen LogP contribution >= 0.6 is 23.4 Å². The summed E-state index contributed by atoms with van der Waals surface area (Å²) in [6.45, 7) is 4.41. The first kappa shape index (κ1) is 11.7.